The Hall–Kier alpha value is -1.43. The van der Waals surface area contributed by atoms with Gasteiger partial charge in [0, 0.05) is 33.0 Å². The van der Waals surface area contributed by atoms with Gasteiger partial charge in [-0.05, 0) is 12.8 Å². The van der Waals surface area contributed by atoms with Gasteiger partial charge in [-0.25, -0.2) is 0 Å². The van der Waals surface area contributed by atoms with Crippen LogP contribution in [0.3, 0.4) is 0 Å². The molecular formula is C11H18N4O2. The molecule has 0 aliphatic carbocycles. The molecule has 6 heteroatoms. The lowest BCUT2D eigenvalue weighted by atomic mass is 10.3. The van der Waals surface area contributed by atoms with Gasteiger partial charge in [-0.2, -0.15) is 0 Å². The van der Waals surface area contributed by atoms with Crippen molar-refractivity contribution in [3.63, 3.8) is 0 Å². The van der Waals surface area contributed by atoms with E-state index < -0.39 is 0 Å². The van der Waals surface area contributed by atoms with Crippen LogP contribution in [-0.2, 0) is 24.3 Å². The number of hydrogen-bond acceptors (Lipinski definition) is 4. The van der Waals surface area contributed by atoms with Crippen molar-refractivity contribution in [2.75, 3.05) is 13.7 Å². The molecule has 0 aromatic carbocycles. The van der Waals surface area contributed by atoms with Gasteiger partial charge < -0.3 is 14.6 Å². The second kappa shape index (κ2) is 5.27. The molecule has 1 aromatic rings. The fourth-order valence-electron chi connectivity index (χ4n) is 2.05. The molecule has 0 spiro atoms. The van der Waals surface area contributed by atoms with Gasteiger partial charge in [0.2, 0.25) is 5.91 Å². The Morgan fingerprint density at radius 3 is 3.12 bits per heavy atom. The molecule has 0 saturated heterocycles. The third-order valence-corrected chi connectivity index (χ3v) is 3.04. The molecular weight excluding hydrogens is 220 g/mol. The minimum Gasteiger partial charge on any atom is -0.396 e. The Morgan fingerprint density at radius 2 is 2.35 bits per heavy atom. The fourth-order valence-corrected chi connectivity index (χ4v) is 2.05. The van der Waals surface area contributed by atoms with Crippen molar-refractivity contribution >= 4 is 5.91 Å². The smallest absolute Gasteiger partial charge is 0.222 e. The van der Waals surface area contributed by atoms with E-state index in [9.17, 15) is 4.79 Å². The molecule has 1 aliphatic heterocycles. The molecule has 1 N–H and O–H groups in total. The Morgan fingerprint density at radius 1 is 1.53 bits per heavy atom. The van der Waals surface area contributed by atoms with Gasteiger partial charge in [-0.3, -0.25) is 4.79 Å². The van der Waals surface area contributed by atoms with Gasteiger partial charge in [0.15, 0.2) is 5.82 Å². The normalized spacial score (nSPS) is 13.8. The number of carbonyl (C=O) groups is 1. The van der Waals surface area contributed by atoms with Gasteiger partial charge in [0.05, 0.1) is 6.54 Å². The number of aliphatic hydroxyl groups excluding tert-OH is 1. The Balaban J connectivity index is 1.93. The number of aryl methyl sites for hydroxylation is 1. The minimum absolute atomic E-state index is 0.0365. The molecule has 1 aromatic heterocycles. The molecule has 2 heterocycles. The Kier molecular flexibility index (Phi) is 3.73. The van der Waals surface area contributed by atoms with Crippen LogP contribution in [-0.4, -0.2) is 44.3 Å². The van der Waals surface area contributed by atoms with Crippen molar-refractivity contribution in [3.05, 3.63) is 11.6 Å². The van der Waals surface area contributed by atoms with E-state index in [-0.39, 0.29) is 12.5 Å². The molecule has 17 heavy (non-hydrogen) atoms. The number of hydrogen-bond donors (Lipinski definition) is 1. The van der Waals surface area contributed by atoms with Crippen LogP contribution < -0.4 is 0 Å². The van der Waals surface area contributed by atoms with Crippen molar-refractivity contribution in [3.8, 4) is 0 Å². The molecule has 2 rings (SSSR count). The Bertz CT molecular complexity index is 402. The zero-order chi connectivity index (χ0) is 12.3. The molecule has 0 fully saturated rings. The predicted molar refractivity (Wildman–Crippen MR) is 61.1 cm³/mol. The summed E-state index contributed by atoms with van der Waals surface area (Å²) in [6.45, 7) is 1.51. The van der Waals surface area contributed by atoms with Gasteiger partial charge in [-0.15, -0.1) is 10.2 Å². The lowest BCUT2D eigenvalue weighted by Crippen LogP contribution is -2.27. The number of carbonyl (C=O) groups excluding carboxylic acids is 1. The molecule has 1 aliphatic rings. The van der Waals surface area contributed by atoms with Gasteiger partial charge in [0.1, 0.15) is 5.82 Å². The summed E-state index contributed by atoms with van der Waals surface area (Å²) in [6, 6.07) is 0. The number of fused-ring (bicyclic) bond motifs is 1. The topological polar surface area (TPSA) is 71.2 Å². The maximum absolute atomic E-state index is 11.7. The van der Waals surface area contributed by atoms with Crippen LogP contribution in [0.5, 0.6) is 0 Å². The maximum Gasteiger partial charge on any atom is 0.222 e. The molecule has 0 unspecified atom stereocenters. The van der Waals surface area contributed by atoms with Crippen molar-refractivity contribution in [2.24, 2.45) is 0 Å². The van der Waals surface area contributed by atoms with E-state index in [0.29, 0.717) is 19.4 Å². The van der Waals surface area contributed by atoms with Crippen molar-refractivity contribution in [1.82, 2.24) is 19.7 Å². The van der Waals surface area contributed by atoms with Crippen molar-refractivity contribution < 1.29 is 9.90 Å². The average molecular weight is 238 g/mol. The van der Waals surface area contributed by atoms with E-state index >= 15 is 0 Å². The van der Waals surface area contributed by atoms with Crippen LogP contribution >= 0.6 is 0 Å². The third kappa shape index (κ3) is 2.63. The number of aromatic nitrogens is 3. The highest BCUT2D eigenvalue weighted by molar-refractivity contribution is 5.75. The summed E-state index contributed by atoms with van der Waals surface area (Å²) in [7, 11) is 1.76. The lowest BCUT2D eigenvalue weighted by Gasteiger charge is -2.16. The highest BCUT2D eigenvalue weighted by Gasteiger charge is 2.19. The summed E-state index contributed by atoms with van der Waals surface area (Å²) < 4.78 is 2.09. The van der Waals surface area contributed by atoms with Crippen LogP contribution in [0.1, 0.15) is 30.9 Å². The summed E-state index contributed by atoms with van der Waals surface area (Å²) in [5.74, 6) is 1.92. The summed E-state index contributed by atoms with van der Waals surface area (Å²) >= 11 is 0. The first kappa shape index (κ1) is 12.0. The summed E-state index contributed by atoms with van der Waals surface area (Å²) in [5.41, 5.74) is 0. The SMILES string of the molecule is CN(Cc1nnc2n1CCC2)C(=O)CCCO. The zero-order valence-corrected chi connectivity index (χ0v) is 10.1. The summed E-state index contributed by atoms with van der Waals surface area (Å²) in [5, 5.41) is 16.9. The third-order valence-electron chi connectivity index (χ3n) is 3.04. The van der Waals surface area contributed by atoms with Crippen LogP contribution in [0.4, 0.5) is 0 Å². The first-order chi connectivity index (χ1) is 8.22. The molecule has 0 atom stereocenters. The monoisotopic (exact) mass is 238 g/mol. The second-order valence-corrected chi connectivity index (χ2v) is 4.36. The van der Waals surface area contributed by atoms with E-state index in [4.69, 9.17) is 5.11 Å². The van der Waals surface area contributed by atoms with Gasteiger partial charge >= 0.3 is 0 Å². The van der Waals surface area contributed by atoms with Crippen molar-refractivity contribution in [2.45, 2.75) is 38.8 Å². The summed E-state index contributed by atoms with van der Waals surface area (Å²) in [4.78, 5) is 13.3. The number of amides is 1. The van der Waals surface area contributed by atoms with Crippen LogP contribution in [0.2, 0.25) is 0 Å². The van der Waals surface area contributed by atoms with Gasteiger partial charge in [0.25, 0.3) is 0 Å². The van der Waals surface area contributed by atoms with Crippen LogP contribution in [0.25, 0.3) is 0 Å². The molecule has 1 amide bonds. The van der Waals surface area contributed by atoms with Crippen molar-refractivity contribution in [1.29, 1.82) is 0 Å². The quantitative estimate of drug-likeness (QED) is 0.781. The lowest BCUT2D eigenvalue weighted by molar-refractivity contribution is -0.130. The fraction of sp³-hybridized carbons (Fsp3) is 0.727. The van der Waals surface area contributed by atoms with Crippen LogP contribution in [0.15, 0.2) is 0 Å². The number of nitrogens with zero attached hydrogens (tertiary/aromatic N) is 4. The molecule has 0 bridgehead atoms. The first-order valence-corrected chi connectivity index (χ1v) is 5.98. The molecule has 6 nitrogen and oxygen atoms in total. The standard InChI is InChI=1S/C11H18N4O2/c1-14(11(17)5-3-7-16)8-10-13-12-9-4-2-6-15(9)10/h16H,2-8H2,1H3. The number of rotatable bonds is 5. The second-order valence-electron chi connectivity index (χ2n) is 4.36. The molecule has 94 valence electrons. The van der Waals surface area contributed by atoms with Crippen LogP contribution in [0, 0.1) is 0 Å². The molecule has 0 radical (unpaired) electrons. The van der Waals surface area contributed by atoms with E-state index in [1.165, 1.54) is 0 Å². The Labute approximate surface area is 100 Å². The van der Waals surface area contributed by atoms with E-state index in [2.05, 4.69) is 14.8 Å². The minimum atomic E-state index is 0.0365. The zero-order valence-electron chi connectivity index (χ0n) is 10.1. The molecule has 0 saturated carbocycles. The predicted octanol–water partition coefficient (Wildman–Crippen LogP) is -0.0448. The van der Waals surface area contributed by atoms with E-state index in [0.717, 1.165) is 31.0 Å². The number of aliphatic hydroxyl groups is 1. The average Bonchev–Trinajstić information content (AvgIpc) is 2.90. The largest absolute Gasteiger partial charge is 0.396 e. The highest BCUT2D eigenvalue weighted by Crippen LogP contribution is 2.15. The maximum atomic E-state index is 11.7. The highest BCUT2D eigenvalue weighted by atomic mass is 16.3. The summed E-state index contributed by atoms with van der Waals surface area (Å²) in [6.07, 6.45) is 2.99. The van der Waals surface area contributed by atoms with Gasteiger partial charge in [-0.1, -0.05) is 0 Å². The van der Waals surface area contributed by atoms with E-state index in [1.807, 2.05) is 0 Å². The first-order valence-electron chi connectivity index (χ1n) is 5.98. The van der Waals surface area contributed by atoms with E-state index in [1.54, 1.807) is 11.9 Å².